The third-order valence-electron chi connectivity index (χ3n) is 4.32. The van der Waals surface area contributed by atoms with Gasteiger partial charge in [-0.25, -0.2) is 0 Å². The van der Waals surface area contributed by atoms with Gasteiger partial charge in [0.25, 0.3) is 0 Å². The normalized spacial score (nSPS) is 16.7. The van der Waals surface area contributed by atoms with Crippen molar-refractivity contribution in [3.8, 4) is 0 Å². The van der Waals surface area contributed by atoms with E-state index in [4.69, 9.17) is 0 Å². The summed E-state index contributed by atoms with van der Waals surface area (Å²) in [5.74, 6) is 1.15. The van der Waals surface area contributed by atoms with Crippen molar-refractivity contribution in [3.63, 3.8) is 0 Å². The van der Waals surface area contributed by atoms with Gasteiger partial charge in [0.05, 0.1) is 18.4 Å². The van der Waals surface area contributed by atoms with Crippen molar-refractivity contribution < 1.29 is 4.79 Å². The summed E-state index contributed by atoms with van der Waals surface area (Å²) in [7, 11) is 1.75. The summed E-state index contributed by atoms with van der Waals surface area (Å²) in [4.78, 5) is 22.6. The maximum atomic E-state index is 12.1. The average Bonchev–Trinajstić information content (AvgIpc) is 3.14. The molecule has 3 rings (SSSR count). The van der Waals surface area contributed by atoms with Gasteiger partial charge < -0.3 is 15.5 Å². The third-order valence-corrected chi connectivity index (χ3v) is 4.32. The first-order chi connectivity index (χ1) is 12.3. The van der Waals surface area contributed by atoms with E-state index in [1.165, 1.54) is 5.56 Å². The summed E-state index contributed by atoms with van der Waals surface area (Å²) in [6, 6.07) is 14.1. The number of benzene rings is 1. The van der Waals surface area contributed by atoms with Crippen molar-refractivity contribution in [1.82, 2.24) is 15.2 Å². The Balaban J connectivity index is 0.00000243. The lowest BCUT2D eigenvalue weighted by Crippen LogP contribution is -2.43. The number of halogens is 1. The maximum Gasteiger partial charge on any atom is 0.243 e. The summed E-state index contributed by atoms with van der Waals surface area (Å²) < 4.78 is 0. The van der Waals surface area contributed by atoms with E-state index in [1.54, 1.807) is 25.5 Å². The first-order valence-electron chi connectivity index (χ1n) is 8.46. The minimum atomic E-state index is -0.118. The predicted octanol–water partition coefficient (Wildman–Crippen LogP) is 2.70. The molecule has 7 heteroatoms. The number of nitrogens with zero attached hydrogens (tertiary/aromatic N) is 3. The summed E-state index contributed by atoms with van der Waals surface area (Å²) >= 11 is 0. The number of aromatic nitrogens is 1. The lowest BCUT2D eigenvalue weighted by atomic mass is 9.99. The van der Waals surface area contributed by atoms with Crippen LogP contribution in [0.15, 0.2) is 59.9 Å². The molecule has 0 aliphatic carbocycles. The number of rotatable bonds is 4. The van der Waals surface area contributed by atoms with Gasteiger partial charge in [-0.2, -0.15) is 0 Å². The van der Waals surface area contributed by atoms with Gasteiger partial charge in [0, 0.05) is 32.3 Å². The van der Waals surface area contributed by atoms with Crippen LogP contribution in [0.2, 0.25) is 0 Å². The standard InChI is InChI=1S/C19H23N5O.HI/c1-20-19(22-13-18(25)23-17-8-5-10-21-12-17)24-11-9-16(14-24)15-6-3-2-4-7-15;/h2-8,10,12,16H,9,11,13-14H2,1H3,(H,20,22)(H,23,25);1H. The van der Waals surface area contributed by atoms with Crippen molar-refractivity contribution >= 4 is 41.5 Å². The van der Waals surface area contributed by atoms with Gasteiger partial charge in [0.1, 0.15) is 0 Å². The smallest absolute Gasteiger partial charge is 0.243 e. The van der Waals surface area contributed by atoms with Gasteiger partial charge in [0.15, 0.2) is 5.96 Å². The van der Waals surface area contributed by atoms with E-state index in [0.717, 1.165) is 25.5 Å². The number of carbonyl (C=O) groups excluding carboxylic acids is 1. The van der Waals surface area contributed by atoms with Crippen molar-refractivity contribution in [2.24, 2.45) is 4.99 Å². The van der Waals surface area contributed by atoms with E-state index < -0.39 is 0 Å². The van der Waals surface area contributed by atoms with Crippen LogP contribution in [0, 0.1) is 0 Å². The number of nitrogens with one attached hydrogen (secondary N) is 2. The zero-order valence-corrected chi connectivity index (χ0v) is 17.1. The van der Waals surface area contributed by atoms with Crippen LogP contribution in [0.4, 0.5) is 5.69 Å². The van der Waals surface area contributed by atoms with Crippen LogP contribution >= 0.6 is 24.0 Å². The number of pyridine rings is 1. The molecular weight excluding hydrogens is 441 g/mol. The highest BCUT2D eigenvalue weighted by Gasteiger charge is 2.26. The Kier molecular flexibility index (Phi) is 7.83. The molecule has 1 amide bonds. The number of aliphatic imine (C=N–C) groups is 1. The molecule has 1 aromatic heterocycles. The zero-order valence-electron chi connectivity index (χ0n) is 14.8. The first-order valence-corrected chi connectivity index (χ1v) is 8.46. The SMILES string of the molecule is CN=C(NCC(=O)Nc1cccnc1)N1CCC(c2ccccc2)C1.I. The van der Waals surface area contributed by atoms with Crippen LogP contribution in [0.3, 0.4) is 0 Å². The minimum Gasteiger partial charge on any atom is -0.347 e. The predicted molar refractivity (Wildman–Crippen MR) is 115 cm³/mol. The minimum absolute atomic E-state index is 0. The van der Waals surface area contributed by atoms with Crippen LogP contribution in [0.1, 0.15) is 17.9 Å². The molecule has 2 N–H and O–H groups in total. The quantitative estimate of drug-likeness (QED) is 0.414. The van der Waals surface area contributed by atoms with Gasteiger partial charge in [-0.15, -0.1) is 24.0 Å². The van der Waals surface area contributed by atoms with Gasteiger partial charge >= 0.3 is 0 Å². The largest absolute Gasteiger partial charge is 0.347 e. The fraction of sp³-hybridized carbons (Fsp3) is 0.316. The molecule has 0 radical (unpaired) electrons. The molecule has 138 valence electrons. The molecule has 0 bridgehead atoms. The third kappa shape index (κ3) is 5.42. The number of guanidine groups is 1. The summed E-state index contributed by atoms with van der Waals surface area (Å²) in [6.45, 7) is 2.02. The zero-order chi connectivity index (χ0) is 17.5. The molecule has 0 spiro atoms. The summed E-state index contributed by atoms with van der Waals surface area (Å²) in [5, 5.41) is 5.96. The summed E-state index contributed by atoms with van der Waals surface area (Å²) in [6.07, 6.45) is 4.39. The second-order valence-corrected chi connectivity index (χ2v) is 6.03. The monoisotopic (exact) mass is 465 g/mol. The Morgan fingerprint density at radius 3 is 2.77 bits per heavy atom. The lowest BCUT2D eigenvalue weighted by Gasteiger charge is -2.21. The van der Waals surface area contributed by atoms with Crippen molar-refractivity contribution in [3.05, 3.63) is 60.4 Å². The Hall–Kier alpha value is -2.16. The molecule has 1 aromatic carbocycles. The number of likely N-dealkylation sites (tertiary alicyclic amines) is 1. The van der Waals surface area contributed by atoms with Gasteiger partial charge in [-0.05, 0) is 24.1 Å². The van der Waals surface area contributed by atoms with Crippen LogP contribution in [-0.4, -0.2) is 48.4 Å². The molecule has 26 heavy (non-hydrogen) atoms. The van der Waals surface area contributed by atoms with E-state index in [-0.39, 0.29) is 36.4 Å². The van der Waals surface area contributed by atoms with Gasteiger partial charge in [0.2, 0.25) is 5.91 Å². The van der Waals surface area contributed by atoms with E-state index in [9.17, 15) is 4.79 Å². The van der Waals surface area contributed by atoms with E-state index in [1.807, 2.05) is 12.1 Å². The molecule has 2 heterocycles. The van der Waals surface area contributed by atoms with Gasteiger partial charge in [-0.3, -0.25) is 14.8 Å². The molecule has 1 aliphatic heterocycles. The number of hydrogen-bond donors (Lipinski definition) is 2. The molecule has 0 saturated carbocycles. The van der Waals surface area contributed by atoms with E-state index >= 15 is 0 Å². The second-order valence-electron chi connectivity index (χ2n) is 6.03. The lowest BCUT2D eigenvalue weighted by molar-refractivity contribution is -0.115. The Labute approximate surface area is 171 Å². The Morgan fingerprint density at radius 1 is 1.27 bits per heavy atom. The van der Waals surface area contributed by atoms with E-state index in [2.05, 4.69) is 49.8 Å². The van der Waals surface area contributed by atoms with Crippen molar-refractivity contribution in [1.29, 1.82) is 0 Å². The van der Waals surface area contributed by atoms with Crippen LogP contribution in [0.25, 0.3) is 0 Å². The fourth-order valence-corrected chi connectivity index (χ4v) is 3.08. The molecular formula is C19H24IN5O. The molecule has 1 atom stereocenters. The Morgan fingerprint density at radius 2 is 2.08 bits per heavy atom. The first kappa shape index (κ1) is 20.2. The van der Waals surface area contributed by atoms with E-state index in [0.29, 0.717) is 11.6 Å². The maximum absolute atomic E-state index is 12.1. The van der Waals surface area contributed by atoms with Crippen molar-refractivity contribution in [2.45, 2.75) is 12.3 Å². The highest BCUT2D eigenvalue weighted by molar-refractivity contribution is 14.0. The molecule has 1 saturated heterocycles. The number of carbonyl (C=O) groups is 1. The number of hydrogen-bond acceptors (Lipinski definition) is 3. The van der Waals surface area contributed by atoms with Crippen LogP contribution < -0.4 is 10.6 Å². The highest BCUT2D eigenvalue weighted by Crippen LogP contribution is 2.26. The molecule has 1 unspecified atom stereocenters. The number of anilines is 1. The fourth-order valence-electron chi connectivity index (χ4n) is 3.08. The molecule has 1 aliphatic rings. The van der Waals surface area contributed by atoms with Crippen molar-refractivity contribution in [2.75, 3.05) is 32.0 Å². The number of amides is 1. The second kappa shape index (κ2) is 10.1. The molecule has 1 fully saturated rings. The Bertz CT molecular complexity index is 723. The molecule has 6 nitrogen and oxygen atoms in total. The molecule has 2 aromatic rings. The van der Waals surface area contributed by atoms with Gasteiger partial charge in [-0.1, -0.05) is 30.3 Å². The average molecular weight is 465 g/mol. The van der Waals surface area contributed by atoms with Crippen LogP contribution in [0.5, 0.6) is 0 Å². The highest BCUT2D eigenvalue weighted by atomic mass is 127. The van der Waals surface area contributed by atoms with Crippen LogP contribution in [-0.2, 0) is 4.79 Å². The summed E-state index contributed by atoms with van der Waals surface area (Å²) in [5.41, 5.74) is 2.05. The topological polar surface area (TPSA) is 69.6 Å².